The molecule has 3 aliphatic heterocycles. The van der Waals surface area contributed by atoms with Crippen LogP contribution in [-0.2, 0) is 17.8 Å². The monoisotopic (exact) mass is 288 g/mol. The van der Waals surface area contributed by atoms with Crippen molar-refractivity contribution in [3.63, 3.8) is 0 Å². The molecule has 0 radical (unpaired) electrons. The minimum Gasteiger partial charge on any atom is -0.376 e. The lowest BCUT2D eigenvalue weighted by Crippen LogP contribution is -2.39. The topological polar surface area (TPSA) is 50.3 Å². The highest BCUT2D eigenvalue weighted by Crippen LogP contribution is 2.41. The molecule has 1 aromatic rings. The van der Waals surface area contributed by atoms with Gasteiger partial charge in [-0.1, -0.05) is 0 Å². The first kappa shape index (κ1) is 13.5. The smallest absolute Gasteiger partial charge is 0.135 e. The molecule has 114 valence electrons. The third-order valence-corrected chi connectivity index (χ3v) is 5.54. The molecule has 1 aromatic heterocycles. The van der Waals surface area contributed by atoms with E-state index in [-0.39, 0.29) is 0 Å². The Morgan fingerprint density at radius 2 is 1.95 bits per heavy atom. The van der Waals surface area contributed by atoms with E-state index in [9.17, 15) is 0 Å². The van der Waals surface area contributed by atoms with Crippen LogP contribution in [0.15, 0.2) is 0 Å². The first-order valence-corrected chi connectivity index (χ1v) is 8.13. The van der Waals surface area contributed by atoms with Crippen molar-refractivity contribution in [3.8, 4) is 0 Å². The maximum absolute atomic E-state index is 5.56. The first-order chi connectivity index (χ1) is 10.3. The van der Waals surface area contributed by atoms with Gasteiger partial charge in [-0.15, -0.1) is 0 Å². The van der Waals surface area contributed by atoms with E-state index in [4.69, 9.17) is 14.7 Å². The molecule has 0 aliphatic carbocycles. The zero-order valence-corrected chi connectivity index (χ0v) is 12.9. The number of fused-ring (bicyclic) bond motifs is 3. The number of aromatic nitrogens is 2. The van der Waals surface area contributed by atoms with Gasteiger partial charge in [-0.3, -0.25) is 0 Å². The van der Waals surface area contributed by atoms with Crippen molar-refractivity contribution in [1.82, 2.24) is 14.9 Å². The number of hydrogen-bond acceptors (Lipinski definition) is 5. The number of anilines is 1. The van der Waals surface area contributed by atoms with Gasteiger partial charge in [0, 0.05) is 37.0 Å². The molecule has 0 saturated carbocycles. The lowest BCUT2D eigenvalue weighted by molar-refractivity contribution is 0.109. The molecule has 0 amide bonds. The predicted molar refractivity (Wildman–Crippen MR) is 81.5 cm³/mol. The lowest BCUT2D eigenvalue weighted by atomic mass is 9.90. The van der Waals surface area contributed by atoms with Gasteiger partial charge < -0.3 is 15.0 Å². The average Bonchev–Trinajstić information content (AvgIpc) is 2.75. The molecule has 2 fully saturated rings. The van der Waals surface area contributed by atoms with Crippen LogP contribution in [-0.4, -0.2) is 47.7 Å². The molecular formula is C16H24N4O. The number of rotatable bonds is 2. The van der Waals surface area contributed by atoms with E-state index in [1.165, 1.54) is 31.4 Å². The van der Waals surface area contributed by atoms with Crippen LogP contribution in [0.2, 0.25) is 0 Å². The van der Waals surface area contributed by atoms with Crippen LogP contribution in [0.3, 0.4) is 0 Å². The minimum absolute atomic E-state index is 0.527. The Morgan fingerprint density at radius 1 is 1.19 bits per heavy atom. The second kappa shape index (κ2) is 5.21. The van der Waals surface area contributed by atoms with Crippen LogP contribution >= 0.6 is 0 Å². The standard InChI is InChI=1S/C16H24N4O/c1-17-16-13-9-21-6-5-14(13)18-15(19-16)10-7-11-3-4-12(8-10)20(11)2/h10-12H,3-9H2,1-2H3,(H,17,18,19). The van der Waals surface area contributed by atoms with Crippen molar-refractivity contribution in [1.29, 1.82) is 0 Å². The fourth-order valence-electron chi connectivity index (χ4n) is 4.26. The van der Waals surface area contributed by atoms with E-state index in [1.807, 2.05) is 7.05 Å². The van der Waals surface area contributed by atoms with Crippen molar-refractivity contribution in [2.75, 3.05) is 26.0 Å². The Bertz CT molecular complexity index is 516. The van der Waals surface area contributed by atoms with Crippen molar-refractivity contribution in [3.05, 3.63) is 17.1 Å². The molecule has 0 aromatic carbocycles. The summed E-state index contributed by atoms with van der Waals surface area (Å²) in [4.78, 5) is 12.3. The molecule has 5 heteroatoms. The molecular weight excluding hydrogens is 264 g/mol. The molecule has 21 heavy (non-hydrogen) atoms. The summed E-state index contributed by atoms with van der Waals surface area (Å²) < 4.78 is 5.56. The van der Waals surface area contributed by atoms with Gasteiger partial charge in [0.05, 0.1) is 18.9 Å². The molecule has 5 nitrogen and oxygen atoms in total. The fourth-order valence-corrected chi connectivity index (χ4v) is 4.26. The van der Waals surface area contributed by atoms with Gasteiger partial charge in [-0.2, -0.15) is 0 Å². The maximum atomic E-state index is 5.56. The van der Waals surface area contributed by atoms with E-state index >= 15 is 0 Å². The van der Waals surface area contributed by atoms with E-state index in [0.717, 1.165) is 42.3 Å². The van der Waals surface area contributed by atoms with Gasteiger partial charge in [0.2, 0.25) is 0 Å². The highest BCUT2D eigenvalue weighted by molar-refractivity contribution is 5.47. The van der Waals surface area contributed by atoms with E-state index in [0.29, 0.717) is 12.5 Å². The van der Waals surface area contributed by atoms with Crippen LogP contribution in [0.5, 0.6) is 0 Å². The Kier molecular flexibility index (Phi) is 3.34. The largest absolute Gasteiger partial charge is 0.376 e. The van der Waals surface area contributed by atoms with Gasteiger partial charge in [0.1, 0.15) is 11.6 Å². The van der Waals surface area contributed by atoms with E-state index in [2.05, 4.69) is 17.3 Å². The zero-order valence-electron chi connectivity index (χ0n) is 12.9. The molecule has 3 aliphatic rings. The average molecular weight is 288 g/mol. The molecule has 2 unspecified atom stereocenters. The highest BCUT2D eigenvalue weighted by Gasteiger charge is 2.40. The predicted octanol–water partition coefficient (Wildman–Crippen LogP) is 1.93. The van der Waals surface area contributed by atoms with Crippen molar-refractivity contribution in [2.24, 2.45) is 0 Å². The number of hydrogen-bond donors (Lipinski definition) is 1. The van der Waals surface area contributed by atoms with E-state index in [1.54, 1.807) is 0 Å². The van der Waals surface area contributed by atoms with Gasteiger partial charge >= 0.3 is 0 Å². The summed E-state index contributed by atoms with van der Waals surface area (Å²) in [5, 5.41) is 3.24. The summed E-state index contributed by atoms with van der Waals surface area (Å²) >= 11 is 0. The van der Waals surface area contributed by atoms with Crippen LogP contribution < -0.4 is 5.32 Å². The summed E-state index contributed by atoms with van der Waals surface area (Å²) in [7, 11) is 4.22. The summed E-state index contributed by atoms with van der Waals surface area (Å²) in [5.74, 6) is 2.56. The normalized spacial score (nSPS) is 32.0. The Morgan fingerprint density at radius 3 is 2.67 bits per heavy atom. The summed E-state index contributed by atoms with van der Waals surface area (Å²) in [6, 6.07) is 1.46. The molecule has 4 rings (SSSR count). The summed E-state index contributed by atoms with van der Waals surface area (Å²) in [5.41, 5.74) is 2.35. The maximum Gasteiger partial charge on any atom is 0.135 e. The second-order valence-corrected chi connectivity index (χ2v) is 6.63. The molecule has 4 heterocycles. The SMILES string of the molecule is CNc1nc(C2CC3CCC(C2)N3C)nc2c1COCC2. The quantitative estimate of drug-likeness (QED) is 0.901. The third-order valence-electron chi connectivity index (χ3n) is 5.54. The second-order valence-electron chi connectivity index (χ2n) is 6.63. The van der Waals surface area contributed by atoms with Crippen LogP contribution in [0.25, 0.3) is 0 Å². The van der Waals surface area contributed by atoms with Crippen molar-refractivity contribution < 1.29 is 4.74 Å². The van der Waals surface area contributed by atoms with Gasteiger partial charge in [-0.25, -0.2) is 9.97 Å². The molecule has 2 saturated heterocycles. The molecule has 2 bridgehead atoms. The Hall–Kier alpha value is -1.20. The number of nitrogens with zero attached hydrogens (tertiary/aromatic N) is 3. The first-order valence-electron chi connectivity index (χ1n) is 8.13. The van der Waals surface area contributed by atoms with Crippen LogP contribution in [0.4, 0.5) is 5.82 Å². The van der Waals surface area contributed by atoms with E-state index < -0.39 is 0 Å². The fraction of sp³-hybridized carbons (Fsp3) is 0.750. The van der Waals surface area contributed by atoms with Crippen LogP contribution in [0, 0.1) is 0 Å². The minimum atomic E-state index is 0.527. The molecule has 2 atom stereocenters. The Labute approximate surface area is 126 Å². The number of ether oxygens (including phenoxy) is 1. The van der Waals surface area contributed by atoms with Crippen molar-refractivity contribution >= 4 is 5.82 Å². The lowest BCUT2D eigenvalue weighted by Gasteiger charge is -2.36. The highest BCUT2D eigenvalue weighted by atomic mass is 16.5. The zero-order chi connectivity index (χ0) is 14.4. The summed E-state index contributed by atoms with van der Waals surface area (Å²) in [6.45, 7) is 1.43. The number of piperidine rings is 1. The molecule has 1 N–H and O–H groups in total. The van der Waals surface area contributed by atoms with Crippen molar-refractivity contribution in [2.45, 2.75) is 56.7 Å². The summed E-state index contributed by atoms with van der Waals surface area (Å²) in [6.07, 6.45) is 6.03. The third kappa shape index (κ3) is 2.23. The van der Waals surface area contributed by atoms with Gasteiger partial charge in [0.15, 0.2) is 0 Å². The van der Waals surface area contributed by atoms with Gasteiger partial charge in [-0.05, 0) is 32.7 Å². The van der Waals surface area contributed by atoms with Gasteiger partial charge in [0.25, 0.3) is 0 Å². The molecule has 0 spiro atoms. The number of nitrogens with one attached hydrogen (secondary N) is 1. The van der Waals surface area contributed by atoms with Crippen LogP contribution in [0.1, 0.15) is 48.7 Å². The Balaban J connectivity index is 1.66.